The summed E-state index contributed by atoms with van der Waals surface area (Å²) in [6, 6.07) is 6.13. The van der Waals surface area contributed by atoms with E-state index in [0.29, 0.717) is 17.5 Å². The number of carbonyl (C=O) groups excluding carboxylic acids is 1. The molecule has 1 aromatic carbocycles. The predicted molar refractivity (Wildman–Crippen MR) is 99.9 cm³/mol. The van der Waals surface area contributed by atoms with Crippen LogP contribution in [0.4, 0.5) is 5.69 Å². The first-order valence-corrected chi connectivity index (χ1v) is 10.1. The van der Waals surface area contributed by atoms with E-state index in [2.05, 4.69) is 24.1 Å². The lowest BCUT2D eigenvalue weighted by Gasteiger charge is -2.38. The van der Waals surface area contributed by atoms with E-state index in [1.165, 1.54) is 32.6 Å². The van der Waals surface area contributed by atoms with Crippen LogP contribution in [-0.2, 0) is 14.8 Å². The smallest absolute Gasteiger partial charge is 0.242 e. The summed E-state index contributed by atoms with van der Waals surface area (Å²) in [6.07, 6.45) is 1.19. The van der Waals surface area contributed by atoms with Crippen LogP contribution in [0.2, 0.25) is 0 Å². The van der Waals surface area contributed by atoms with Crippen LogP contribution in [0.1, 0.15) is 27.2 Å². The zero-order chi connectivity index (χ0) is 18.8. The van der Waals surface area contributed by atoms with Crippen LogP contribution < -0.4 is 5.32 Å². The lowest BCUT2D eigenvalue weighted by Crippen LogP contribution is -2.48. The number of hydrogen-bond acceptors (Lipinski definition) is 4. The Morgan fingerprint density at radius 1 is 1.24 bits per heavy atom. The number of piperidine rings is 1. The number of amides is 1. The molecule has 140 valence electrons. The maximum atomic E-state index is 12.6. The highest BCUT2D eigenvalue weighted by Crippen LogP contribution is 2.23. The van der Waals surface area contributed by atoms with Gasteiger partial charge in [0.05, 0.1) is 10.9 Å². The third kappa shape index (κ3) is 4.80. The number of nitrogens with zero attached hydrogens (tertiary/aromatic N) is 2. The average Bonchev–Trinajstić information content (AvgIpc) is 2.53. The Labute approximate surface area is 151 Å². The summed E-state index contributed by atoms with van der Waals surface area (Å²) < 4.78 is 25.6. The van der Waals surface area contributed by atoms with E-state index in [1.54, 1.807) is 12.1 Å². The first kappa shape index (κ1) is 19.9. The Morgan fingerprint density at radius 3 is 2.40 bits per heavy atom. The van der Waals surface area contributed by atoms with Crippen LogP contribution in [-0.4, -0.2) is 56.8 Å². The van der Waals surface area contributed by atoms with E-state index >= 15 is 0 Å². The molecule has 1 heterocycles. The van der Waals surface area contributed by atoms with Crippen LogP contribution in [0.25, 0.3) is 0 Å². The predicted octanol–water partition coefficient (Wildman–Crippen LogP) is 2.24. The third-order valence-electron chi connectivity index (χ3n) is 4.70. The highest BCUT2D eigenvalue weighted by molar-refractivity contribution is 7.89. The highest BCUT2D eigenvalue weighted by atomic mass is 32.2. The molecule has 1 aliphatic heterocycles. The van der Waals surface area contributed by atoms with Gasteiger partial charge in [-0.2, -0.15) is 0 Å². The van der Waals surface area contributed by atoms with Gasteiger partial charge in [-0.1, -0.05) is 19.9 Å². The second-order valence-corrected chi connectivity index (χ2v) is 9.53. The zero-order valence-corrected chi connectivity index (χ0v) is 16.5. The van der Waals surface area contributed by atoms with Crippen LogP contribution in [0.15, 0.2) is 29.2 Å². The molecule has 0 saturated carbocycles. The molecule has 0 unspecified atom stereocenters. The Balaban J connectivity index is 2.10. The maximum Gasteiger partial charge on any atom is 0.242 e. The van der Waals surface area contributed by atoms with Crippen molar-refractivity contribution in [3.8, 4) is 0 Å². The molecule has 25 heavy (non-hydrogen) atoms. The molecule has 7 heteroatoms. The van der Waals surface area contributed by atoms with Crippen LogP contribution in [0.3, 0.4) is 0 Å². The topological polar surface area (TPSA) is 69.7 Å². The molecule has 1 aliphatic rings. The summed E-state index contributed by atoms with van der Waals surface area (Å²) in [7, 11) is -0.544. The van der Waals surface area contributed by atoms with E-state index in [-0.39, 0.29) is 16.8 Å². The molecule has 6 nitrogen and oxygen atoms in total. The van der Waals surface area contributed by atoms with Crippen molar-refractivity contribution in [3.63, 3.8) is 0 Å². The van der Waals surface area contributed by atoms with Gasteiger partial charge in [0.25, 0.3) is 0 Å². The Morgan fingerprint density at radius 2 is 1.84 bits per heavy atom. The summed E-state index contributed by atoms with van der Waals surface area (Å²) in [5, 5.41) is 2.86. The largest absolute Gasteiger partial charge is 0.325 e. The Hall–Kier alpha value is -1.44. The molecular weight excluding hydrogens is 338 g/mol. The van der Waals surface area contributed by atoms with E-state index < -0.39 is 10.0 Å². The number of nitrogens with one attached hydrogen (secondary N) is 1. The minimum atomic E-state index is -3.52. The fourth-order valence-corrected chi connectivity index (χ4v) is 4.33. The van der Waals surface area contributed by atoms with Crippen molar-refractivity contribution in [2.45, 2.75) is 38.1 Å². The molecule has 1 amide bonds. The van der Waals surface area contributed by atoms with Gasteiger partial charge in [-0.25, -0.2) is 12.7 Å². The monoisotopic (exact) mass is 367 g/mol. The third-order valence-corrected chi connectivity index (χ3v) is 6.52. The second-order valence-electron chi connectivity index (χ2n) is 7.38. The van der Waals surface area contributed by atoms with Gasteiger partial charge in [0.15, 0.2) is 0 Å². The molecule has 1 fully saturated rings. The first-order chi connectivity index (χ1) is 11.6. The minimum absolute atomic E-state index is 0.110. The molecule has 0 spiro atoms. The van der Waals surface area contributed by atoms with Crippen molar-refractivity contribution < 1.29 is 13.2 Å². The number of rotatable bonds is 5. The van der Waals surface area contributed by atoms with Crippen molar-refractivity contribution in [2.24, 2.45) is 11.8 Å². The second kappa shape index (κ2) is 7.85. The number of carbonyl (C=O) groups is 1. The number of sulfonamides is 1. The van der Waals surface area contributed by atoms with Crippen molar-refractivity contribution >= 4 is 21.6 Å². The van der Waals surface area contributed by atoms with Crippen molar-refractivity contribution in [2.75, 3.05) is 32.5 Å². The Bertz CT molecular complexity index is 708. The lowest BCUT2D eigenvalue weighted by atomic mass is 9.91. The summed E-state index contributed by atoms with van der Waals surface area (Å²) in [4.78, 5) is 15.0. The van der Waals surface area contributed by atoms with E-state index in [1.807, 2.05) is 6.92 Å². The standard InChI is InChI=1S/C18H29N3O3S/c1-13-9-14(2)12-21(11-13)15(3)18(22)19-16-7-6-8-17(10-16)25(23,24)20(4)5/h6-8,10,13-15H,9,11-12H2,1-5H3,(H,19,22)/t13-,14+,15-/m0/s1. The molecule has 0 radical (unpaired) electrons. The van der Waals surface area contributed by atoms with Gasteiger partial charge in [-0.3, -0.25) is 9.69 Å². The van der Waals surface area contributed by atoms with Gasteiger partial charge < -0.3 is 5.32 Å². The SMILES string of the molecule is C[C@@H]1C[C@H](C)CN([C@@H](C)C(=O)Nc2cccc(S(=O)(=O)N(C)C)c2)C1. The fourth-order valence-electron chi connectivity index (χ4n) is 3.39. The lowest BCUT2D eigenvalue weighted by molar-refractivity contribution is -0.121. The van der Waals surface area contributed by atoms with E-state index in [9.17, 15) is 13.2 Å². The molecule has 1 aromatic rings. The summed E-state index contributed by atoms with van der Waals surface area (Å²) >= 11 is 0. The molecule has 0 bridgehead atoms. The van der Waals surface area contributed by atoms with Gasteiger partial charge in [0.1, 0.15) is 0 Å². The molecule has 0 aliphatic carbocycles. The van der Waals surface area contributed by atoms with Crippen LogP contribution in [0.5, 0.6) is 0 Å². The summed E-state index contributed by atoms with van der Waals surface area (Å²) in [6.45, 7) is 8.15. The summed E-state index contributed by atoms with van der Waals surface area (Å²) in [5.74, 6) is 1.04. The highest BCUT2D eigenvalue weighted by Gasteiger charge is 2.29. The molecule has 2 rings (SSSR count). The summed E-state index contributed by atoms with van der Waals surface area (Å²) in [5.41, 5.74) is 0.498. The molecule has 3 atom stereocenters. The molecule has 1 N–H and O–H groups in total. The van der Waals surface area contributed by atoms with Gasteiger partial charge in [-0.05, 0) is 43.4 Å². The molecule has 1 saturated heterocycles. The van der Waals surface area contributed by atoms with Crippen molar-refractivity contribution in [3.05, 3.63) is 24.3 Å². The molecule has 0 aromatic heterocycles. The van der Waals surface area contributed by atoms with Gasteiger partial charge >= 0.3 is 0 Å². The quantitative estimate of drug-likeness (QED) is 0.866. The van der Waals surface area contributed by atoms with E-state index in [0.717, 1.165) is 17.4 Å². The number of anilines is 1. The molecular formula is C18H29N3O3S. The number of benzene rings is 1. The van der Waals surface area contributed by atoms with Gasteiger partial charge in [0.2, 0.25) is 15.9 Å². The average molecular weight is 368 g/mol. The zero-order valence-electron chi connectivity index (χ0n) is 15.7. The van der Waals surface area contributed by atoms with Crippen molar-refractivity contribution in [1.82, 2.24) is 9.21 Å². The number of hydrogen-bond donors (Lipinski definition) is 1. The fraction of sp³-hybridized carbons (Fsp3) is 0.611. The van der Waals surface area contributed by atoms with Gasteiger partial charge in [0, 0.05) is 32.9 Å². The number of likely N-dealkylation sites (tertiary alicyclic amines) is 1. The Kier molecular flexibility index (Phi) is 6.24. The van der Waals surface area contributed by atoms with Crippen LogP contribution >= 0.6 is 0 Å². The van der Waals surface area contributed by atoms with E-state index in [4.69, 9.17) is 0 Å². The van der Waals surface area contributed by atoms with Crippen LogP contribution in [0, 0.1) is 11.8 Å². The van der Waals surface area contributed by atoms with Crippen molar-refractivity contribution in [1.29, 1.82) is 0 Å². The minimum Gasteiger partial charge on any atom is -0.325 e. The normalized spacial score (nSPS) is 23.4. The van der Waals surface area contributed by atoms with Gasteiger partial charge in [-0.15, -0.1) is 0 Å². The first-order valence-electron chi connectivity index (χ1n) is 8.68. The maximum absolute atomic E-state index is 12.6.